The molecule has 0 saturated carbocycles. The van der Waals surface area contributed by atoms with Crippen molar-refractivity contribution < 1.29 is 18.0 Å². The van der Waals surface area contributed by atoms with Crippen LogP contribution in [0.2, 0.25) is 0 Å². The number of carbonyl (C=O) groups excluding carboxylic acids is 2. The van der Waals surface area contributed by atoms with Gasteiger partial charge in [-0.2, -0.15) is 4.31 Å². The predicted octanol–water partition coefficient (Wildman–Crippen LogP) is 1.12. The molecule has 0 bridgehead atoms. The molecule has 0 spiro atoms. The Kier molecular flexibility index (Phi) is 6.43. The molecule has 148 valence electrons. The maximum atomic E-state index is 12.7. The van der Waals surface area contributed by atoms with E-state index in [1.807, 2.05) is 30.3 Å². The lowest BCUT2D eigenvalue weighted by atomic mass is 10.1. The molecule has 0 unspecified atom stereocenters. The Morgan fingerprint density at radius 2 is 1.61 bits per heavy atom. The molecular formula is C20H23N3O4S. The summed E-state index contributed by atoms with van der Waals surface area (Å²) in [7, 11) is -3.63. The highest BCUT2D eigenvalue weighted by Crippen LogP contribution is 2.18. The summed E-state index contributed by atoms with van der Waals surface area (Å²) in [6, 6.07) is 15.8. The number of rotatable bonds is 7. The molecule has 2 aromatic rings. The number of nitrogens with zero attached hydrogens (tertiary/aromatic N) is 2. The fourth-order valence-electron chi connectivity index (χ4n) is 3.04. The van der Waals surface area contributed by atoms with Crippen molar-refractivity contribution in [2.75, 3.05) is 32.7 Å². The van der Waals surface area contributed by atoms with Gasteiger partial charge < -0.3 is 10.2 Å². The van der Waals surface area contributed by atoms with Crippen molar-refractivity contribution in [3.05, 3.63) is 65.7 Å². The van der Waals surface area contributed by atoms with E-state index in [1.165, 1.54) is 28.6 Å². The summed E-state index contributed by atoms with van der Waals surface area (Å²) in [6.07, 6.45) is 1.46. The van der Waals surface area contributed by atoms with Crippen LogP contribution in [0.5, 0.6) is 0 Å². The highest BCUT2D eigenvalue weighted by molar-refractivity contribution is 7.89. The monoisotopic (exact) mass is 401 g/mol. The number of piperazine rings is 1. The van der Waals surface area contributed by atoms with E-state index in [-0.39, 0.29) is 23.9 Å². The average molecular weight is 401 g/mol. The molecule has 1 heterocycles. The SMILES string of the molecule is O=CN1CCN(S(=O)(=O)c2ccc(C(=O)NCCc3ccccc3)cc2)CC1. The third kappa shape index (κ3) is 4.76. The summed E-state index contributed by atoms with van der Waals surface area (Å²) >= 11 is 0. The summed E-state index contributed by atoms with van der Waals surface area (Å²) in [5, 5.41) is 2.84. The fraction of sp³-hybridized carbons (Fsp3) is 0.300. The van der Waals surface area contributed by atoms with E-state index in [4.69, 9.17) is 0 Å². The number of carbonyl (C=O) groups is 2. The molecular weight excluding hydrogens is 378 g/mol. The first kappa shape index (κ1) is 20.0. The molecule has 1 N–H and O–H groups in total. The van der Waals surface area contributed by atoms with Crippen LogP contribution in [-0.2, 0) is 21.2 Å². The van der Waals surface area contributed by atoms with E-state index < -0.39 is 10.0 Å². The molecule has 2 amide bonds. The highest BCUT2D eigenvalue weighted by Gasteiger charge is 2.28. The molecule has 0 radical (unpaired) electrons. The molecule has 3 rings (SSSR count). The van der Waals surface area contributed by atoms with E-state index >= 15 is 0 Å². The lowest BCUT2D eigenvalue weighted by Gasteiger charge is -2.31. The average Bonchev–Trinajstić information content (AvgIpc) is 2.74. The Balaban J connectivity index is 1.58. The second kappa shape index (κ2) is 8.99. The Labute approximate surface area is 165 Å². The van der Waals surface area contributed by atoms with Crippen molar-refractivity contribution in [3.8, 4) is 0 Å². The minimum absolute atomic E-state index is 0.146. The van der Waals surface area contributed by atoms with E-state index in [0.717, 1.165) is 18.4 Å². The largest absolute Gasteiger partial charge is 0.352 e. The first-order valence-electron chi connectivity index (χ1n) is 9.12. The second-order valence-electron chi connectivity index (χ2n) is 6.56. The molecule has 1 fully saturated rings. The zero-order valence-electron chi connectivity index (χ0n) is 15.5. The van der Waals surface area contributed by atoms with Gasteiger partial charge in [-0.05, 0) is 36.2 Å². The Bertz CT molecular complexity index is 906. The van der Waals surface area contributed by atoms with Gasteiger partial charge in [0.25, 0.3) is 5.91 Å². The van der Waals surface area contributed by atoms with E-state index in [0.29, 0.717) is 25.2 Å². The maximum Gasteiger partial charge on any atom is 0.251 e. The van der Waals surface area contributed by atoms with Crippen LogP contribution in [0.25, 0.3) is 0 Å². The van der Waals surface area contributed by atoms with Crippen molar-refractivity contribution in [2.45, 2.75) is 11.3 Å². The zero-order chi connectivity index (χ0) is 20.0. The summed E-state index contributed by atoms with van der Waals surface area (Å²) in [4.78, 5) is 24.7. The van der Waals surface area contributed by atoms with Crippen LogP contribution in [0.1, 0.15) is 15.9 Å². The van der Waals surface area contributed by atoms with Crippen LogP contribution in [0.4, 0.5) is 0 Å². The van der Waals surface area contributed by atoms with Crippen molar-refractivity contribution in [3.63, 3.8) is 0 Å². The van der Waals surface area contributed by atoms with E-state index in [9.17, 15) is 18.0 Å². The van der Waals surface area contributed by atoms with Crippen molar-refractivity contribution in [2.24, 2.45) is 0 Å². The number of nitrogens with one attached hydrogen (secondary N) is 1. The van der Waals surface area contributed by atoms with Gasteiger partial charge in [-0.1, -0.05) is 30.3 Å². The number of hydrogen-bond donors (Lipinski definition) is 1. The van der Waals surface area contributed by atoms with Gasteiger partial charge in [0, 0.05) is 38.3 Å². The molecule has 1 aliphatic heterocycles. The molecule has 0 aromatic heterocycles. The van der Waals surface area contributed by atoms with Crippen molar-refractivity contribution in [1.29, 1.82) is 0 Å². The van der Waals surface area contributed by atoms with Crippen LogP contribution < -0.4 is 5.32 Å². The van der Waals surface area contributed by atoms with Gasteiger partial charge in [-0.25, -0.2) is 8.42 Å². The van der Waals surface area contributed by atoms with E-state index in [2.05, 4.69) is 5.32 Å². The van der Waals surface area contributed by atoms with Crippen molar-refractivity contribution >= 4 is 22.3 Å². The highest BCUT2D eigenvalue weighted by atomic mass is 32.2. The molecule has 1 aliphatic rings. The summed E-state index contributed by atoms with van der Waals surface area (Å²) < 4.78 is 26.8. The first-order valence-corrected chi connectivity index (χ1v) is 10.6. The fourth-order valence-corrected chi connectivity index (χ4v) is 4.47. The van der Waals surface area contributed by atoms with Crippen molar-refractivity contribution in [1.82, 2.24) is 14.5 Å². The summed E-state index contributed by atoms with van der Waals surface area (Å²) in [5.74, 6) is -0.237. The van der Waals surface area contributed by atoms with Gasteiger partial charge in [0.1, 0.15) is 0 Å². The smallest absolute Gasteiger partial charge is 0.251 e. The first-order chi connectivity index (χ1) is 13.5. The van der Waals surface area contributed by atoms with Gasteiger partial charge in [0.2, 0.25) is 16.4 Å². The third-order valence-electron chi connectivity index (χ3n) is 4.72. The van der Waals surface area contributed by atoms with Crippen LogP contribution in [0.3, 0.4) is 0 Å². The summed E-state index contributed by atoms with van der Waals surface area (Å²) in [5.41, 5.74) is 1.55. The minimum atomic E-state index is -3.63. The lowest BCUT2D eigenvalue weighted by Crippen LogP contribution is -2.47. The summed E-state index contributed by atoms with van der Waals surface area (Å²) in [6.45, 7) is 1.80. The molecule has 1 saturated heterocycles. The number of sulfonamides is 1. The quantitative estimate of drug-likeness (QED) is 0.705. The Morgan fingerprint density at radius 3 is 2.21 bits per heavy atom. The van der Waals surface area contributed by atoms with Gasteiger partial charge in [0.15, 0.2) is 0 Å². The number of benzene rings is 2. The molecule has 0 atom stereocenters. The molecule has 8 heteroatoms. The Morgan fingerprint density at radius 1 is 0.964 bits per heavy atom. The van der Waals surface area contributed by atoms with Gasteiger partial charge in [-0.15, -0.1) is 0 Å². The molecule has 2 aromatic carbocycles. The normalized spacial score (nSPS) is 15.2. The van der Waals surface area contributed by atoms with Crippen LogP contribution in [0, 0.1) is 0 Å². The third-order valence-corrected chi connectivity index (χ3v) is 6.63. The zero-order valence-corrected chi connectivity index (χ0v) is 16.3. The topological polar surface area (TPSA) is 86.8 Å². The van der Waals surface area contributed by atoms with Crippen LogP contribution in [-0.4, -0.2) is 62.7 Å². The minimum Gasteiger partial charge on any atom is -0.352 e. The number of amides is 2. The van der Waals surface area contributed by atoms with Crippen LogP contribution >= 0.6 is 0 Å². The maximum absolute atomic E-state index is 12.7. The molecule has 0 aliphatic carbocycles. The van der Waals surface area contributed by atoms with Gasteiger partial charge in [0.05, 0.1) is 4.90 Å². The standard InChI is InChI=1S/C20H23N3O4S/c24-16-22-12-14-23(15-13-22)28(26,27)19-8-6-18(7-9-19)20(25)21-11-10-17-4-2-1-3-5-17/h1-9,16H,10-15H2,(H,21,25). The predicted molar refractivity (Wildman–Crippen MR) is 105 cm³/mol. The van der Waals surface area contributed by atoms with Gasteiger partial charge in [-0.3, -0.25) is 9.59 Å². The lowest BCUT2D eigenvalue weighted by molar-refractivity contribution is -0.119. The molecule has 7 nitrogen and oxygen atoms in total. The number of hydrogen-bond acceptors (Lipinski definition) is 4. The Hall–Kier alpha value is -2.71. The second-order valence-corrected chi connectivity index (χ2v) is 8.50. The molecule has 28 heavy (non-hydrogen) atoms. The van der Waals surface area contributed by atoms with Crippen LogP contribution in [0.15, 0.2) is 59.5 Å². The van der Waals surface area contributed by atoms with Gasteiger partial charge >= 0.3 is 0 Å². The van der Waals surface area contributed by atoms with E-state index in [1.54, 1.807) is 4.90 Å².